The monoisotopic (exact) mass is 436 g/mol. The number of hydrogen-bond donors (Lipinski definition) is 1. The fourth-order valence-electron chi connectivity index (χ4n) is 2.09. The molecule has 0 fully saturated rings. The Morgan fingerprint density at radius 1 is 0.955 bits per heavy atom. The maximum atomic E-state index is 10.3. The van der Waals surface area contributed by atoms with Crippen molar-refractivity contribution >= 4 is 37.8 Å². The summed E-state index contributed by atoms with van der Waals surface area (Å²) in [4.78, 5) is 11.4. The topological polar surface area (TPSA) is 37.3 Å². The smallest absolute Gasteiger partial charge is 0.303 e. The summed E-state index contributed by atoms with van der Waals surface area (Å²) in [6.45, 7) is 2.19. The summed E-state index contributed by atoms with van der Waals surface area (Å²) < 4.78 is 0. The van der Waals surface area contributed by atoms with Gasteiger partial charge in [0.25, 0.3) is 0 Å². The lowest BCUT2D eigenvalue weighted by molar-refractivity contribution is -0.137. The summed E-state index contributed by atoms with van der Waals surface area (Å²) in [6.07, 6.45) is 19.0. The molecule has 1 N–H and O–H groups in total. The van der Waals surface area contributed by atoms with E-state index >= 15 is 0 Å². The number of alkyl halides is 2. The van der Waals surface area contributed by atoms with Gasteiger partial charge in [-0.2, -0.15) is 0 Å². The molecule has 0 aromatic rings. The third kappa shape index (κ3) is 14.8. The Labute approximate surface area is 152 Å². The first kappa shape index (κ1) is 21.9. The van der Waals surface area contributed by atoms with Crippen LogP contribution in [0.2, 0.25) is 0 Å². The Hall–Kier alpha value is -0.0900. The Kier molecular flexibility index (Phi) is 15.7. The Morgan fingerprint density at radius 2 is 1.59 bits per heavy atom. The fraction of sp³-hybridized carbons (Fsp3) is 0.722. The first-order valence-electron chi connectivity index (χ1n) is 8.37. The van der Waals surface area contributed by atoms with E-state index in [-0.39, 0.29) is 0 Å². The highest BCUT2D eigenvalue weighted by molar-refractivity contribution is 9.12. The van der Waals surface area contributed by atoms with Crippen molar-refractivity contribution in [3.63, 3.8) is 0 Å². The van der Waals surface area contributed by atoms with Crippen molar-refractivity contribution in [3.8, 4) is 0 Å². The summed E-state index contributed by atoms with van der Waals surface area (Å²) in [7, 11) is 0. The molecule has 0 rings (SSSR count). The van der Waals surface area contributed by atoms with Gasteiger partial charge in [-0.05, 0) is 38.5 Å². The molecule has 22 heavy (non-hydrogen) atoms. The number of aliphatic carboxylic acids is 1. The molecule has 2 nitrogen and oxygen atoms in total. The maximum Gasteiger partial charge on any atom is 0.303 e. The second-order valence-corrected chi connectivity index (χ2v) is 7.91. The number of hydrogen-bond acceptors (Lipinski definition) is 1. The van der Waals surface area contributed by atoms with Crippen LogP contribution in [0.4, 0.5) is 0 Å². The highest BCUT2D eigenvalue weighted by Crippen LogP contribution is 2.20. The maximum absolute atomic E-state index is 10.3. The number of carboxylic acid groups (broad SMARTS) is 1. The van der Waals surface area contributed by atoms with E-state index in [9.17, 15) is 4.79 Å². The first-order chi connectivity index (χ1) is 10.6. The van der Waals surface area contributed by atoms with Crippen molar-refractivity contribution < 1.29 is 9.90 Å². The lowest BCUT2D eigenvalue weighted by Crippen LogP contribution is -2.11. The number of halogens is 2. The Bertz CT molecular complexity index is 327. The molecule has 2 unspecified atom stereocenters. The van der Waals surface area contributed by atoms with Crippen LogP contribution in [0.3, 0.4) is 0 Å². The van der Waals surface area contributed by atoms with Crippen molar-refractivity contribution in [2.24, 2.45) is 0 Å². The quantitative estimate of drug-likeness (QED) is 0.188. The van der Waals surface area contributed by atoms with Crippen LogP contribution in [0.15, 0.2) is 24.3 Å². The number of rotatable bonds is 14. The van der Waals surface area contributed by atoms with Crippen molar-refractivity contribution in [2.45, 2.75) is 80.8 Å². The van der Waals surface area contributed by atoms with E-state index < -0.39 is 5.97 Å². The van der Waals surface area contributed by atoms with Gasteiger partial charge in [0, 0.05) is 16.1 Å². The minimum atomic E-state index is -0.677. The zero-order valence-corrected chi connectivity index (χ0v) is 16.8. The summed E-state index contributed by atoms with van der Waals surface area (Å²) in [6, 6.07) is 0. The molecule has 0 heterocycles. The molecule has 2 atom stereocenters. The van der Waals surface area contributed by atoms with E-state index in [0.29, 0.717) is 16.1 Å². The van der Waals surface area contributed by atoms with Crippen LogP contribution in [0.5, 0.6) is 0 Å². The van der Waals surface area contributed by atoms with Gasteiger partial charge in [0.2, 0.25) is 0 Å². The van der Waals surface area contributed by atoms with Gasteiger partial charge < -0.3 is 5.11 Å². The predicted octanol–water partition coefficient (Wildman–Crippen LogP) is 6.63. The Balaban J connectivity index is 3.39. The van der Waals surface area contributed by atoms with E-state index in [2.05, 4.69) is 63.1 Å². The molecular weight excluding hydrogens is 408 g/mol. The predicted molar refractivity (Wildman–Crippen MR) is 103 cm³/mol. The van der Waals surface area contributed by atoms with Gasteiger partial charge >= 0.3 is 5.97 Å². The lowest BCUT2D eigenvalue weighted by atomic mass is 10.1. The van der Waals surface area contributed by atoms with Crippen molar-refractivity contribution in [2.75, 3.05) is 0 Å². The molecule has 0 aliphatic heterocycles. The fourth-order valence-corrected chi connectivity index (χ4v) is 2.89. The normalized spacial score (nSPS) is 14.7. The molecule has 128 valence electrons. The molecular formula is C18H30Br2O2. The van der Waals surface area contributed by atoms with Gasteiger partial charge in [-0.3, -0.25) is 4.79 Å². The van der Waals surface area contributed by atoms with Gasteiger partial charge in [-0.25, -0.2) is 0 Å². The second kappa shape index (κ2) is 15.8. The largest absolute Gasteiger partial charge is 0.481 e. The summed E-state index contributed by atoms with van der Waals surface area (Å²) >= 11 is 7.35. The van der Waals surface area contributed by atoms with Gasteiger partial charge in [0.05, 0.1) is 0 Å². The van der Waals surface area contributed by atoms with Crippen molar-refractivity contribution in [1.82, 2.24) is 0 Å². The third-order valence-electron chi connectivity index (χ3n) is 3.51. The van der Waals surface area contributed by atoms with E-state index in [1.165, 1.54) is 12.8 Å². The molecule has 0 aliphatic carbocycles. The molecule has 0 spiro atoms. The third-order valence-corrected chi connectivity index (χ3v) is 6.52. The average Bonchev–Trinajstić information content (AvgIpc) is 2.50. The van der Waals surface area contributed by atoms with E-state index in [0.717, 1.165) is 44.9 Å². The van der Waals surface area contributed by atoms with Crippen LogP contribution in [0, 0.1) is 0 Å². The van der Waals surface area contributed by atoms with Crippen LogP contribution < -0.4 is 0 Å². The molecule has 0 aromatic heterocycles. The first-order valence-corrected chi connectivity index (χ1v) is 10.2. The SMILES string of the molecule is CCC(Br)C(Br)C/C=C/C/C=C/CCCCCCCC(=O)O. The van der Waals surface area contributed by atoms with Crippen LogP contribution in [-0.2, 0) is 4.79 Å². The van der Waals surface area contributed by atoms with Crippen LogP contribution in [-0.4, -0.2) is 20.7 Å². The number of unbranched alkanes of at least 4 members (excludes halogenated alkanes) is 5. The van der Waals surface area contributed by atoms with Gasteiger partial charge in [0.15, 0.2) is 0 Å². The van der Waals surface area contributed by atoms with Crippen LogP contribution in [0.25, 0.3) is 0 Å². The summed E-state index contributed by atoms with van der Waals surface area (Å²) in [5, 5.41) is 8.53. The molecule has 4 heteroatoms. The zero-order chi connectivity index (χ0) is 16.6. The van der Waals surface area contributed by atoms with Crippen molar-refractivity contribution in [3.05, 3.63) is 24.3 Å². The second-order valence-electron chi connectivity index (χ2n) is 5.55. The lowest BCUT2D eigenvalue weighted by Gasteiger charge is -2.11. The molecule has 0 bridgehead atoms. The highest BCUT2D eigenvalue weighted by atomic mass is 79.9. The molecule has 0 saturated carbocycles. The van der Waals surface area contributed by atoms with Gasteiger partial charge in [-0.15, -0.1) is 0 Å². The minimum Gasteiger partial charge on any atom is -0.481 e. The van der Waals surface area contributed by atoms with E-state index in [4.69, 9.17) is 5.11 Å². The summed E-state index contributed by atoms with van der Waals surface area (Å²) in [5.74, 6) is -0.677. The number of carbonyl (C=O) groups is 1. The van der Waals surface area contributed by atoms with Gasteiger partial charge in [-0.1, -0.05) is 82.4 Å². The summed E-state index contributed by atoms with van der Waals surface area (Å²) in [5.41, 5.74) is 0. The molecule has 0 radical (unpaired) electrons. The number of carboxylic acids is 1. The van der Waals surface area contributed by atoms with E-state index in [1.54, 1.807) is 0 Å². The van der Waals surface area contributed by atoms with Crippen molar-refractivity contribution in [1.29, 1.82) is 0 Å². The molecule has 0 aromatic carbocycles. The van der Waals surface area contributed by atoms with Crippen LogP contribution >= 0.6 is 31.9 Å². The minimum absolute atomic E-state index is 0.315. The average molecular weight is 438 g/mol. The zero-order valence-electron chi connectivity index (χ0n) is 13.6. The molecule has 0 saturated heterocycles. The highest BCUT2D eigenvalue weighted by Gasteiger charge is 2.10. The number of allylic oxidation sites excluding steroid dienone is 4. The molecule has 0 aliphatic rings. The van der Waals surface area contributed by atoms with E-state index in [1.807, 2.05) is 0 Å². The van der Waals surface area contributed by atoms with Crippen LogP contribution in [0.1, 0.15) is 71.1 Å². The molecule has 0 amide bonds. The Morgan fingerprint density at radius 3 is 2.27 bits per heavy atom. The van der Waals surface area contributed by atoms with Gasteiger partial charge in [0.1, 0.15) is 0 Å². The standard InChI is InChI=1S/C18H30Br2O2/c1-2-16(19)17(20)14-12-10-8-6-4-3-5-7-9-11-13-15-18(21)22/h4,6,10,12,16-17H,2-3,5,7-9,11,13-15H2,1H3,(H,21,22)/b6-4+,12-10+.